The van der Waals surface area contributed by atoms with E-state index in [0.29, 0.717) is 11.4 Å². The third-order valence-electron chi connectivity index (χ3n) is 4.11. The molecule has 29 heavy (non-hydrogen) atoms. The summed E-state index contributed by atoms with van der Waals surface area (Å²) < 4.78 is 33.5. The van der Waals surface area contributed by atoms with Gasteiger partial charge in [-0.15, -0.1) is 0 Å². The average Bonchev–Trinajstić information content (AvgIpc) is 2.70. The predicted molar refractivity (Wildman–Crippen MR) is 119 cm³/mol. The maximum absolute atomic E-state index is 13.8. The molecule has 0 saturated heterocycles. The van der Waals surface area contributed by atoms with Gasteiger partial charge in [0.05, 0.1) is 5.56 Å². The monoisotopic (exact) mass is 428 g/mol. The van der Waals surface area contributed by atoms with Gasteiger partial charge >= 0.3 is 0 Å². The highest BCUT2D eigenvalue weighted by molar-refractivity contribution is 7.82. The van der Waals surface area contributed by atoms with Crippen LogP contribution >= 0.6 is 24.4 Å². The molecule has 0 amide bonds. The lowest BCUT2D eigenvalue weighted by molar-refractivity contribution is 0.227. The molecule has 0 aliphatic heterocycles. The summed E-state index contributed by atoms with van der Waals surface area (Å²) in [5.74, 6) is -0.798. The van der Waals surface area contributed by atoms with Crippen LogP contribution < -0.4 is 15.4 Å². The standard InChI is InChI=1S/C22H18F2N2OS2/c1-14(15-6-3-2-4-7-15)27-17-12-10-16(11-13-17)25-22(29)26-21(28)20-18(23)8-5-9-19(20)24/h2-14H,1H3,(H2,25,26,28,29). The molecule has 0 aliphatic carbocycles. The van der Waals surface area contributed by atoms with Crippen molar-refractivity contribution in [3.05, 3.63) is 95.6 Å². The molecule has 1 atom stereocenters. The smallest absolute Gasteiger partial charge is 0.175 e. The first-order chi connectivity index (χ1) is 13.9. The Morgan fingerprint density at radius 1 is 0.862 bits per heavy atom. The van der Waals surface area contributed by atoms with Gasteiger partial charge in [-0.3, -0.25) is 0 Å². The van der Waals surface area contributed by atoms with Crippen LogP contribution in [0.3, 0.4) is 0 Å². The lowest BCUT2D eigenvalue weighted by atomic mass is 10.1. The van der Waals surface area contributed by atoms with Crippen LogP contribution in [-0.4, -0.2) is 10.1 Å². The average molecular weight is 429 g/mol. The van der Waals surface area contributed by atoms with Crippen molar-refractivity contribution in [2.75, 3.05) is 5.32 Å². The molecule has 0 bridgehead atoms. The largest absolute Gasteiger partial charge is 0.486 e. The van der Waals surface area contributed by atoms with E-state index in [1.54, 1.807) is 24.3 Å². The van der Waals surface area contributed by atoms with Crippen molar-refractivity contribution < 1.29 is 13.5 Å². The molecule has 3 nitrogen and oxygen atoms in total. The van der Waals surface area contributed by atoms with E-state index in [2.05, 4.69) is 10.6 Å². The zero-order valence-corrected chi connectivity index (χ0v) is 17.1. The fraction of sp³-hybridized carbons (Fsp3) is 0.0909. The second kappa shape index (κ2) is 9.54. The van der Waals surface area contributed by atoms with E-state index in [1.807, 2.05) is 37.3 Å². The van der Waals surface area contributed by atoms with Gasteiger partial charge in [0.25, 0.3) is 0 Å². The summed E-state index contributed by atoms with van der Waals surface area (Å²) in [5, 5.41) is 5.69. The second-order valence-electron chi connectivity index (χ2n) is 6.20. The first-order valence-electron chi connectivity index (χ1n) is 8.82. The van der Waals surface area contributed by atoms with Gasteiger partial charge in [0.1, 0.15) is 28.5 Å². The van der Waals surface area contributed by atoms with Crippen molar-refractivity contribution in [3.63, 3.8) is 0 Å². The molecule has 0 aromatic heterocycles. The van der Waals surface area contributed by atoms with Gasteiger partial charge in [0.2, 0.25) is 0 Å². The number of rotatable bonds is 5. The molecule has 0 spiro atoms. The minimum atomic E-state index is -0.751. The van der Waals surface area contributed by atoms with Crippen LogP contribution in [0.4, 0.5) is 14.5 Å². The topological polar surface area (TPSA) is 33.3 Å². The summed E-state index contributed by atoms with van der Waals surface area (Å²) in [7, 11) is 0. The van der Waals surface area contributed by atoms with Gasteiger partial charge in [-0.25, -0.2) is 8.78 Å². The number of halogens is 2. The van der Waals surface area contributed by atoms with E-state index in [0.717, 1.165) is 17.7 Å². The van der Waals surface area contributed by atoms with Gasteiger partial charge in [-0.05, 0) is 61.1 Å². The Hall–Kier alpha value is -2.90. The first kappa shape index (κ1) is 20.8. The van der Waals surface area contributed by atoms with Crippen LogP contribution in [-0.2, 0) is 0 Å². The normalized spacial score (nSPS) is 11.4. The third-order valence-corrected chi connectivity index (χ3v) is 4.62. The van der Waals surface area contributed by atoms with Gasteiger partial charge < -0.3 is 15.4 Å². The highest BCUT2D eigenvalue weighted by Crippen LogP contribution is 2.23. The third kappa shape index (κ3) is 5.56. The lowest BCUT2D eigenvalue weighted by Crippen LogP contribution is -2.34. The molecular formula is C22H18F2N2OS2. The van der Waals surface area contributed by atoms with Crippen LogP contribution in [0.5, 0.6) is 5.75 Å². The Morgan fingerprint density at radius 2 is 1.48 bits per heavy atom. The zero-order chi connectivity index (χ0) is 20.8. The van der Waals surface area contributed by atoms with E-state index in [1.165, 1.54) is 6.07 Å². The van der Waals surface area contributed by atoms with Gasteiger partial charge in [0.15, 0.2) is 5.11 Å². The fourth-order valence-electron chi connectivity index (χ4n) is 2.66. The second-order valence-corrected chi connectivity index (χ2v) is 7.02. The van der Waals surface area contributed by atoms with Crippen molar-refractivity contribution in [1.29, 1.82) is 0 Å². The van der Waals surface area contributed by atoms with Crippen molar-refractivity contribution >= 4 is 40.2 Å². The summed E-state index contributed by atoms with van der Waals surface area (Å²) in [6, 6.07) is 20.6. The molecule has 1 unspecified atom stereocenters. The quantitative estimate of drug-likeness (QED) is 0.505. The Balaban J connectivity index is 1.58. The Kier molecular flexibility index (Phi) is 6.85. The van der Waals surface area contributed by atoms with E-state index in [-0.39, 0.29) is 21.8 Å². The summed E-state index contributed by atoms with van der Waals surface area (Å²) >= 11 is 10.2. The summed E-state index contributed by atoms with van der Waals surface area (Å²) in [5.41, 5.74) is 1.44. The minimum Gasteiger partial charge on any atom is -0.486 e. The van der Waals surface area contributed by atoms with Crippen molar-refractivity contribution in [3.8, 4) is 5.75 Å². The molecule has 0 aliphatic rings. The van der Waals surface area contributed by atoms with Crippen molar-refractivity contribution in [2.24, 2.45) is 0 Å². The molecule has 3 aromatic carbocycles. The maximum atomic E-state index is 13.8. The summed E-state index contributed by atoms with van der Waals surface area (Å²) in [6.07, 6.45) is -0.0919. The van der Waals surface area contributed by atoms with Crippen LogP contribution in [0.15, 0.2) is 72.8 Å². The number of ether oxygens (including phenoxy) is 1. The molecule has 7 heteroatoms. The van der Waals surface area contributed by atoms with E-state index in [4.69, 9.17) is 29.2 Å². The number of hydrogen-bond donors (Lipinski definition) is 2. The van der Waals surface area contributed by atoms with Crippen LogP contribution in [0.25, 0.3) is 0 Å². The molecule has 0 heterocycles. The van der Waals surface area contributed by atoms with Gasteiger partial charge in [0, 0.05) is 5.69 Å². The van der Waals surface area contributed by atoms with Crippen LogP contribution in [0.2, 0.25) is 0 Å². The van der Waals surface area contributed by atoms with Crippen LogP contribution in [0.1, 0.15) is 24.2 Å². The molecule has 3 aromatic rings. The Labute approximate surface area is 178 Å². The zero-order valence-electron chi connectivity index (χ0n) is 15.5. The van der Waals surface area contributed by atoms with E-state index >= 15 is 0 Å². The molecule has 0 radical (unpaired) electrons. The van der Waals surface area contributed by atoms with Crippen molar-refractivity contribution in [2.45, 2.75) is 13.0 Å². The predicted octanol–water partition coefficient (Wildman–Crippen LogP) is 5.77. The Bertz CT molecular complexity index is 991. The SMILES string of the molecule is CC(Oc1ccc(NC(=S)NC(=S)c2c(F)cccc2F)cc1)c1ccccc1. The molecule has 0 saturated carbocycles. The number of thiocarbonyl (C=S) groups is 2. The van der Waals surface area contributed by atoms with Crippen LogP contribution in [0, 0.1) is 11.6 Å². The number of anilines is 1. The van der Waals surface area contributed by atoms with Gasteiger partial charge in [-0.2, -0.15) is 0 Å². The van der Waals surface area contributed by atoms with E-state index in [9.17, 15) is 8.78 Å². The Morgan fingerprint density at radius 3 is 2.10 bits per heavy atom. The highest BCUT2D eigenvalue weighted by Gasteiger charge is 2.14. The molecule has 3 rings (SSSR count). The summed E-state index contributed by atoms with van der Waals surface area (Å²) in [6.45, 7) is 1.98. The maximum Gasteiger partial charge on any atom is 0.175 e. The fourth-order valence-corrected chi connectivity index (χ4v) is 3.24. The molecule has 2 N–H and O–H groups in total. The number of benzene rings is 3. The molecular weight excluding hydrogens is 410 g/mol. The lowest BCUT2D eigenvalue weighted by Gasteiger charge is -2.16. The molecule has 0 fully saturated rings. The minimum absolute atomic E-state index is 0.0919. The summed E-state index contributed by atoms with van der Waals surface area (Å²) in [4.78, 5) is -0.130. The molecule has 148 valence electrons. The van der Waals surface area contributed by atoms with Crippen molar-refractivity contribution in [1.82, 2.24) is 5.32 Å². The first-order valence-corrected chi connectivity index (χ1v) is 9.63. The number of hydrogen-bond acceptors (Lipinski definition) is 3. The highest BCUT2D eigenvalue weighted by atomic mass is 32.1. The van der Waals surface area contributed by atoms with Gasteiger partial charge in [-0.1, -0.05) is 48.6 Å². The van der Waals surface area contributed by atoms with E-state index < -0.39 is 11.6 Å². The number of nitrogens with one attached hydrogen (secondary N) is 2.